The van der Waals surface area contributed by atoms with Gasteiger partial charge in [0.15, 0.2) is 22.9 Å². The summed E-state index contributed by atoms with van der Waals surface area (Å²) >= 11 is 0. The highest BCUT2D eigenvalue weighted by atomic mass is 16.5. The minimum Gasteiger partial charge on any atom is -0.493 e. The lowest BCUT2D eigenvalue weighted by Gasteiger charge is -2.19. The molecule has 0 bridgehead atoms. The van der Waals surface area contributed by atoms with E-state index in [0.717, 1.165) is 4.57 Å². The van der Waals surface area contributed by atoms with Gasteiger partial charge in [-0.3, -0.25) is 23.5 Å². The molecule has 39 heavy (non-hydrogen) atoms. The van der Waals surface area contributed by atoms with E-state index in [1.165, 1.54) is 53.0 Å². The van der Waals surface area contributed by atoms with E-state index in [0.29, 0.717) is 22.6 Å². The molecule has 0 unspecified atom stereocenters. The number of aromatic nitrogens is 3. The molecule has 12 nitrogen and oxygen atoms in total. The van der Waals surface area contributed by atoms with Crippen molar-refractivity contribution < 1.29 is 23.8 Å². The van der Waals surface area contributed by atoms with Gasteiger partial charge >= 0.3 is 5.69 Å². The number of nitrogens with zero attached hydrogens (tertiary/aromatic N) is 3. The number of Topliss-reactive ketones (excluding diaryl/α,β-unsaturated/α-hetero) is 1. The van der Waals surface area contributed by atoms with E-state index in [4.69, 9.17) is 19.9 Å². The van der Waals surface area contributed by atoms with Crippen LogP contribution >= 0.6 is 0 Å². The van der Waals surface area contributed by atoms with Gasteiger partial charge in [0.25, 0.3) is 11.5 Å². The van der Waals surface area contributed by atoms with Gasteiger partial charge in [-0.25, -0.2) is 9.78 Å². The van der Waals surface area contributed by atoms with Crippen LogP contribution in [0.15, 0.2) is 46.0 Å². The molecule has 1 amide bonds. The van der Waals surface area contributed by atoms with E-state index < -0.39 is 17.2 Å². The fraction of sp³-hybridized carbons (Fsp3) is 0.222. The number of nitrogens with one attached hydrogen (secondary N) is 1. The SMILES string of the molecule is COc1cc(-c2c(C(=O)Nc3cccc(C(C)=O)c3)c(N)nc3c2c(=O)n(C)c(=O)n3C)cc(OC)c1OC. The van der Waals surface area contributed by atoms with Gasteiger partial charge in [0.1, 0.15) is 5.82 Å². The van der Waals surface area contributed by atoms with E-state index in [1.807, 2.05) is 0 Å². The molecule has 2 heterocycles. The number of methoxy groups -OCH3 is 3. The average Bonchev–Trinajstić information content (AvgIpc) is 2.93. The summed E-state index contributed by atoms with van der Waals surface area (Å²) in [5.74, 6) is -0.282. The molecule has 0 aliphatic heterocycles. The number of rotatable bonds is 7. The van der Waals surface area contributed by atoms with E-state index in [9.17, 15) is 19.2 Å². The Morgan fingerprint density at radius 3 is 2.15 bits per heavy atom. The van der Waals surface area contributed by atoms with Gasteiger partial charge in [-0.2, -0.15) is 0 Å². The predicted molar refractivity (Wildman–Crippen MR) is 146 cm³/mol. The van der Waals surface area contributed by atoms with Crippen LogP contribution in [0.25, 0.3) is 22.2 Å². The molecule has 0 atom stereocenters. The Morgan fingerprint density at radius 1 is 0.949 bits per heavy atom. The summed E-state index contributed by atoms with van der Waals surface area (Å²) in [4.78, 5) is 56.1. The standard InChI is InChI=1S/C27H27N5O7/c1-13(33)14-8-7-9-16(10-14)29-25(34)20-19(15-11-17(37-4)22(39-6)18(12-15)38-5)21-24(30-23(20)28)31(2)27(36)32(3)26(21)35/h7-12H,1-6H3,(H2,28,30)(H,29,34). The smallest absolute Gasteiger partial charge is 0.332 e. The van der Waals surface area contributed by atoms with Crippen LogP contribution in [-0.2, 0) is 14.1 Å². The number of hydrogen-bond acceptors (Lipinski definition) is 9. The topological polar surface area (TPSA) is 157 Å². The largest absolute Gasteiger partial charge is 0.493 e. The summed E-state index contributed by atoms with van der Waals surface area (Å²) in [6, 6.07) is 9.50. The van der Waals surface area contributed by atoms with E-state index in [-0.39, 0.29) is 45.3 Å². The number of nitrogens with two attached hydrogens (primary N) is 1. The molecular weight excluding hydrogens is 506 g/mol. The highest BCUT2D eigenvalue weighted by Gasteiger charge is 2.27. The zero-order chi connectivity index (χ0) is 28.6. The van der Waals surface area contributed by atoms with Crippen LogP contribution < -0.4 is 36.5 Å². The van der Waals surface area contributed by atoms with Crippen LogP contribution in [0.3, 0.4) is 0 Å². The van der Waals surface area contributed by atoms with Crippen molar-refractivity contribution in [2.75, 3.05) is 32.4 Å². The lowest BCUT2D eigenvalue weighted by atomic mass is 9.95. The molecule has 0 saturated carbocycles. The molecular formula is C27H27N5O7. The molecule has 0 aliphatic rings. The number of anilines is 2. The van der Waals surface area contributed by atoms with Gasteiger partial charge in [-0.1, -0.05) is 12.1 Å². The second-order valence-electron chi connectivity index (χ2n) is 8.66. The number of benzene rings is 2. The third-order valence-electron chi connectivity index (χ3n) is 6.32. The Hall–Kier alpha value is -5.13. The molecule has 2 aromatic heterocycles. The van der Waals surface area contributed by atoms with Crippen LogP contribution in [0.1, 0.15) is 27.6 Å². The quantitative estimate of drug-likeness (QED) is 0.340. The fourth-order valence-electron chi connectivity index (χ4n) is 4.36. The zero-order valence-corrected chi connectivity index (χ0v) is 22.2. The van der Waals surface area contributed by atoms with Crippen molar-refractivity contribution in [3.8, 4) is 28.4 Å². The first kappa shape index (κ1) is 26.9. The second kappa shape index (κ2) is 10.3. The molecule has 4 aromatic rings. The summed E-state index contributed by atoms with van der Waals surface area (Å²) in [7, 11) is 7.07. The maximum atomic E-state index is 13.8. The Balaban J connectivity index is 2.11. The van der Waals surface area contributed by atoms with E-state index in [1.54, 1.807) is 30.3 Å². The van der Waals surface area contributed by atoms with Gasteiger partial charge in [0, 0.05) is 30.9 Å². The molecule has 4 rings (SSSR count). The molecule has 202 valence electrons. The molecule has 12 heteroatoms. The first-order valence-electron chi connectivity index (χ1n) is 11.7. The van der Waals surface area contributed by atoms with Crippen molar-refractivity contribution in [3.63, 3.8) is 0 Å². The van der Waals surface area contributed by atoms with Gasteiger partial charge in [0.05, 0.1) is 32.3 Å². The highest BCUT2D eigenvalue weighted by Crippen LogP contribution is 2.43. The molecule has 0 radical (unpaired) electrons. The molecule has 0 aliphatic carbocycles. The maximum absolute atomic E-state index is 13.8. The van der Waals surface area contributed by atoms with Gasteiger partial charge in [-0.15, -0.1) is 0 Å². The number of amides is 1. The summed E-state index contributed by atoms with van der Waals surface area (Å²) in [5.41, 5.74) is 6.04. The number of carbonyl (C=O) groups is 2. The van der Waals surface area contributed by atoms with Gasteiger partial charge < -0.3 is 25.3 Å². The van der Waals surface area contributed by atoms with Crippen LogP contribution in [-0.4, -0.2) is 47.1 Å². The number of fused-ring (bicyclic) bond motifs is 1. The first-order chi connectivity index (χ1) is 18.5. The Labute approximate surface area is 222 Å². The summed E-state index contributed by atoms with van der Waals surface area (Å²) in [6.07, 6.45) is 0. The molecule has 0 saturated heterocycles. The Kier molecular flexibility index (Phi) is 7.13. The van der Waals surface area contributed by atoms with E-state index in [2.05, 4.69) is 10.3 Å². The monoisotopic (exact) mass is 533 g/mol. The third-order valence-corrected chi connectivity index (χ3v) is 6.32. The minimum atomic E-state index is -0.692. The molecule has 3 N–H and O–H groups in total. The van der Waals surface area contributed by atoms with Crippen molar-refractivity contribution in [2.24, 2.45) is 14.1 Å². The lowest BCUT2D eigenvalue weighted by molar-refractivity contribution is 0.101. The van der Waals surface area contributed by atoms with Crippen molar-refractivity contribution in [3.05, 3.63) is 68.4 Å². The number of ketones is 1. The number of hydrogen-bond donors (Lipinski definition) is 2. The fourth-order valence-corrected chi connectivity index (χ4v) is 4.36. The third kappa shape index (κ3) is 4.56. The summed E-state index contributed by atoms with van der Waals surface area (Å²) in [5, 5.41) is 2.71. The number of aryl methyl sites for hydroxylation is 1. The van der Waals surface area contributed by atoms with E-state index >= 15 is 0 Å². The number of ether oxygens (including phenoxy) is 3. The summed E-state index contributed by atoms with van der Waals surface area (Å²) < 4.78 is 18.5. The predicted octanol–water partition coefficient (Wildman–Crippen LogP) is 2.36. The van der Waals surface area contributed by atoms with Crippen LogP contribution in [0.4, 0.5) is 11.5 Å². The van der Waals surface area contributed by atoms with Gasteiger partial charge in [-0.05, 0) is 36.8 Å². The van der Waals surface area contributed by atoms with Crippen molar-refractivity contribution in [2.45, 2.75) is 6.92 Å². The number of pyridine rings is 1. The van der Waals surface area contributed by atoms with Crippen molar-refractivity contribution in [1.29, 1.82) is 0 Å². The van der Waals surface area contributed by atoms with Crippen LogP contribution in [0, 0.1) is 0 Å². The Morgan fingerprint density at radius 2 is 1.59 bits per heavy atom. The molecule has 0 spiro atoms. The molecule has 0 fully saturated rings. The minimum absolute atomic E-state index is 0.0144. The lowest BCUT2D eigenvalue weighted by Crippen LogP contribution is -2.38. The van der Waals surface area contributed by atoms with Gasteiger partial charge in [0.2, 0.25) is 5.75 Å². The summed E-state index contributed by atoms with van der Waals surface area (Å²) in [6.45, 7) is 1.41. The van der Waals surface area contributed by atoms with Crippen molar-refractivity contribution in [1.82, 2.24) is 14.1 Å². The second-order valence-corrected chi connectivity index (χ2v) is 8.66. The maximum Gasteiger partial charge on any atom is 0.332 e. The number of nitrogen functional groups attached to an aromatic ring is 1. The highest BCUT2D eigenvalue weighted by molar-refractivity contribution is 6.16. The normalized spacial score (nSPS) is 10.8. The molecule has 2 aromatic carbocycles. The Bertz CT molecular complexity index is 1750. The average molecular weight is 534 g/mol. The number of carbonyl (C=O) groups excluding carboxylic acids is 2. The van der Waals surface area contributed by atoms with Crippen LogP contribution in [0.2, 0.25) is 0 Å². The zero-order valence-electron chi connectivity index (χ0n) is 22.2. The van der Waals surface area contributed by atoms with Crippen molar-refractivity contribution >= 4 is 34.2 Å². The first-order valence-corrected chi connectivity index (χ1v) is 11.7. The van der Waals surface area contributed by atoms with Crippen LogP contribution in [0.5, 0.6) is 17.2 Å².